The number of H-pyrrole nitrogens is 1. The van der Waals surface area contributed by atoms with Gasteiger partial charge < -0.3 is 14.6 Å². The summed E-state index contributed by atoms with van der Waals surface area (Å²) in [6.45, 7) is 6.90. The molecule has 1 atom stereocenters. The van der Waals surface area contributed by atoms with Crippen molar-refractivity contribution in [2.75, 3.05) is 11.4 Å². The SMILES string of the molecule is CC(=O)c1c(C)[nH]c(C(=O)[C@@H](C)OC(=O)c2ccccc2N2CCCC2=O)c1C. The first-order chi connectivity index (χ1) is 13.7. The summed E-state index contributed by atoms with van der Waals surface area (Å²) in [5.74, 6) is -1.26. The van der Waals surface area contributed by atoms with E-state index in [-0.39, 0.29) is 22.9 Å². The fourth-order valence-electron chi connectivity index (χ4n) is 3.79. The molecule has 29 heavy (non-hydrogen) atoms. The Balaban J connectivity index is 1.82. The van der Waals surface area contributed by atoms with Gasteiger partial charge >= 0.3 is 5.97 Å². The van der Waals surface area contributed by atoms with Crippen molar-refractivity contribution >= 4 is 29.1 Å². The standard InChI is InChI=1S/C22H24N2O5/c1-12-19(14(3)25)13(2)23-20(12)21(27)15(4)29-22(28)16-8-5-6-9-17(16)24-11-7-10-18(24)26/h5-6,8-9,15,23H,7,10-11H2,1-4H3/t15-/m1/s1. The Morgan fingerprint density at radius 1 is 1.17 bits per heavy atom. The minimum Gasteiger partial charge on any atom is -0.451 e. The molecule has 0 unspecified atom stereocenters. The van der Waals surface area contributed by atoms with Crippen LogP contribution in [0.3, 0.4) is 0 Å². The average Bonchev–Trinajstić information content (AvgIpc) is 3.23. The fourth-order valence-corrected chi connectivity index (χ4v) is 3.79. The molecule has 1 fully saturated rings. The number of hydrogen-bond donors (Lipinski definition) is 1. The van der Waals surface area contributed by atoms with Crippen LogP contribution in [0.1, 0.15) is 69.2 Å². The number of nitrogens with zero attached hydrogens (tertiary/aromatic N) is 1. The lowest BCUT2D eigenvalue weighted by atomic mass is 10.0. The van der Waals surface area contributed by atoms with Crippen molar-refractivity contribution in [1.82, 2.24) is 4.98 Å². The maximum atomic E-state index is 12.8. The zero-order chi connectivity index (χ0) is 21.3. The van der Waals surface area contributed by atoms with Gasteiger partial charge in [-0.1, -0.05) is 12.1 Å². The second-order valence-corrected chi connectivity index (χ2v) is 7.26. The summed E-state index contributed by atoms with van der Waals surface area (Å²) in [6, 6.07) is 6.72. The third-order valence-electron chi connectivity index (χ3n) is 5.18. The first kappa shape index (κ1) is 20.5. The fraction of sp³-hybridized carbons (Fsp3) is 0.364. The van der Waals surface area contributed by atoms with E-state index in [1.807, 2.05) is 0 Å². The van der Waals surface area contributed by atoms with E-state index in [2.05, 4.69) is 4.98 Å². The van der Waals surface area contributed by atoms with E-state index in [0.717, 1.165) is 6.42 Å². The topological polar surface area (TPSA) is 96.5 Å². The second-order valence-electron chi connectivity index (χ2n) is 7.26. The van der Waals surface area contributed by atoms with Crippen LogP contribution in [0.25, 0.3) is 0 Å². The molecule has 0 radical (unpaired) electrons. The number of rotatable bonds is 6. The summed E-state index contributed by atoms with van der Waals surface area (Å²) >= 11 is 0. The molecule has 152 valence electrons. The van der Waals surface area contributed by atoms with Crippen molar-refractivity contribution in [3.63, 3.8) is 0 Å². The summed E-state index contributed by atoms with van der Waals surface area (Å²) in [5, 5.41) is 0. The number of para-hydroxylation sites is 1. The van der Waals surface area contributed by atoms with Crippen molar-refractivity contribution in [3.8, 4) is 0 Å². The number of carbonyl (C=O) groups is 4. The molecular weight excluding hydrogens is 372 g/mol. The van der Waals surface area contributed by atoms with Gasteiger partial charge in [-0.2, -0.15) is 0 Å². The lowest BCUT2D eigenvalue weighted by Crippen LogP contribution is -2.29. The number of benzene rings is 1. The van der Waals surface area contributed by atoms with Gasteiger partial charge in [0, 0.05) is 24.2 Å². The molecular formula is C22H24N2O5. The van der Waals surface area contributed by atoms with E-state index in [4.69, 9.17) is 4.74 Å². The Morgan fingerprint density at radius 3 is 2.45 bits per heavy atom. The van der Waals surface area contributed by atoms with Crippen LogP contribution in [0, 0.1) is 13.8 Å². The minimum atomic E-state index is -1.05. The Kier molecular flexibility index (Phi) is 5.68. The molecule has 1 amide bonds. The summed E-state index contributed by atoms with van der Waals surface area (Å²) in [6.07, 6.45) is 0.130. The third kappa shape index (κ3) is 3.85. The van der Waals surface area contributed by atoms with Crippen LogP contribution < -0.4 is 4.90 Å². The largest absolute Gasteiger partial charge is 0.451 e. The predicted molar refractivity (Wildman–Crippen MR) is 108 cm³/mol. The maximum absolute atomic E-state index is 12.8. The Bertz CT molecular complexity index is 1000. The van der Waals surface area contributed by atoms with Gasteiger partial charge in [0.1, 0.15) is 0 Å². The van der Waals surface area contributed by atoms with E-state index < -0.39 is 17.9 Å². The smallest absolute Gasteiger partial charge is 0.340 e. The number of esters is 1. The zero-order valence-corrected chi connectivity index (χ0v) is 17.0. The molecule has 0 saturated carbocycles. The summed E-state index contributed by atoms with van der Waals surface area (Å²) < 4.78 is 5.42. The van der Waals surface area contributed by atoms with Crippen molar-refractivity contribution in [2.24, 2.45) is 0 Å². The number of ketones is 2. The molecule has 2 aromatic rings. The van der Waals surface area contributed by atoms with Gasteiger partial charge in [0.05, 0.1) is 16.9 Å². The van der Waals surface area contributed by atoms with E-state index in [1.54, 1.807) is 43.0 Å². The average molecular weight is 396 g/mol. The molecule has 3 rings (SSSR count). The molecule has 0 spiro atoms. The highest BCUT2D eigenvalue weighted by molar-refractivity contribution is 6.07. The van der Waals surface area contributed by atoms with Gasteiger partial charge in [-0.25, -0.2) is 4.79 Å². The maximum Gasteiger partial charge on any atom is 0.340 e. The second kappa shape index (κ2) is 8.03. The van der Waals surface area contributed by atoms with Crippen LogP contribution in [0.4, 0.5) is 5.69 Å². The lowest BCUT2D eigenvalue weighted by molar-refractivity contribution is -0.117. The van der Waals surface area contributed by atoms with Gasteiger partial charge in [0.2, 0.25) is 11.7 Å². The third-order valence-corrected chi connectivity index (χ3v) is 5.18. The number of carbonyl (C=O) groups excluding carboxylic acids is 4. The van der Waals surface area contributed by atoms with E-state index in [1.165, 1.54) is 13.8 Å². The number of aromatic nitrogens is 1. The van der Waals surface area contributed by atoms with Gasteiger partial charge in [0.25, 0.3) is 0 Å². The number of Topliss-reactive ketones (excluding diaryl/α,β-unsaturated/α-hetero) is 2. The molecule has 0 aliphatic carbocycles. The predicted octanol–water partition coefficient (Wildman–Crippen LogP) is 3.39. The number of nitrogens with one attached hydrogen (secondary N) is 1. The van der Waals surface area contributed by atoms with Crippen LogP contribution in [0.2, 0.25) is 0 Å². The first-order valence-electron chi connectivity index (χ1n) is 9.57. The monoisotopic (exact) mass is 396 g/mol. The molecule has 7 nitrogen and oxygen atoms in total. The van der Waals surface area contributed by atoms with Gasteiger partial charge in [-0.3, -0.25) is 14.4 Å². The molecule has 0 bridgehead atoms. The molecule has 2 heterocycles. The van der Waals surface area contributed by atoms with Crippen LogP contribution in [0.15, 0.2) is 24.3 Å². The van der Waals surface area contributed by atoms with Gasteiger partial charge in [-0.05, 0) is 51.8 Å². The molecule has 1 aliphatic rings. The highest BCUT2D eigenvalue weighted by atomic mass is 16.5. The van der Waals surface area contributed by atoms with Gasteiger partial charge in [0.15, 0.2) is 11.9 Å². The van der Waals surface area contributed by atoms with Gasteiger partial charge in [-0.15, -0.1) is 0 Å². The number of hydrogen-bond acceptors (Lipinski definition) is 5. The van der Waals surface area contributed by atoms with Crippen molar-refractivity contribution in [2.45, 2.75) is 46.6 Å². The number of amides is 1. The number of aromatic amines is 1. The number of ether oxygens (including phenoxy) is 1. The Morgan fingerprint density at radius 2 is 1.86 bits per heavy atom. The number of anilines is 1. The molecule has 1 saturated heterocycles. The summed E-state index contributed by atoms with van der Waals surface area (Å²) in [5.41, 5.74) is 2.62. The van der Waals surface area contributed by atoms with Crippen LogP contribution >= 0.6 is 0 Å². The van der Waals surface area contributed by atoms with Crippen LogP contribution in [-0.4, -0.2) is 41.1 Å². The molecule has 1 aliphatic heterocycles. The first-order valence-corrected chi connectivity index (χ1v) is 9.57. The van der Waals surface area contributed by atoms with E-state index in [0.29, 0.717) is 35.5 Å². The zero-order valence-electron chi connectivity index (χ0n) is 17.0. The Hall–Kier alpha value is -3.22. The Labute approximate surface area is 169 Å². The molecule has 1 aromatic carbocycles. The minimum absolute atomic E-state index is 0.0383. The molecule has 1 aromatic heterocycles. The van der Waals surface area contributed by atoms with Crippen LogP contribution in [-0.2, 0) is 9.53 Å². The van der Waals surface area contributed by atoms with Crippen molar-refractivity contribution in [3.05, 3.63) is 52.3 Å². The van der Waals surface area contributed by atoms with Crippen molar-refractivity contribution < 1.29 is 23.9 Å². The summed E-state index contributed by atoms with van der Waals surface area (Å²) in [7, 11) is 0. The molecule has 1 N–H and O–H groups in total. The van der Waals surface area contributed by atoms with Crippen molar-refractivity contribution in [1.29, 1.82) is 0 Å². The number of aryl methyl sites for hydroxylation is 1. The van der Waals surface area contributed by atoms with E-state index in [9.17, 15) is 19.2 Å². The highest BCUT2D eigenvalue weighted by Crippen LogP contribution is 2.27. The summed E-state index contributed by atoms with van der Waals surface area (Å²) in [4.78, 5) is 54.0. The highest BCUT2D eigenvalue weighted by Gasteiger charge is 2.29. The lowest BCUT2D eigenvalue weighted by Gasteiger charge is -2.20. The molecule has 7 heteroatoms. The normalized spacial score (nSPS) is 14.8. The van der Waals surface area contributed by atoms with E-state index >= 15 is 0 Å². The van der Waals surface area contributed by atoms with Crippen LogP contribution in [0.5, 0.6) is 0 Å². The quantitative estimate of drug-likeness (QED) is 0.596.